The number of halogens is 2. The van der Waals surface area contributed by atoms with Crippen molar-refractivity contribution < 1.29 is 13.6 Å². The topological polar surface area (TPSA) is 29.1 Å². The molecule has 0 bridgehead atoms. The molecule has 0 atom stereocenters. The van der Waals surface area contributed by atoms with Crippen LogP contribution in [0.5, 0.6) is 0 Å². The molecule has 2 aromatic rings. The molecule has 0 unspecified atom stereocenters. The maximum absolute atomic E-state index is 13.4. The summed E-state index contributed by atoms with van der Waals surface area (Å²) in [4.78, 5) is 12.8. The molecule has 2 aromatic carbocycles. The van der Waals surface area contributed by atoms with Crippen LogP contribution in [0.15, 0.2) is 41.3 Å². The number of rotatable bonds is 4. The van der Waals surface area contributed by atoms with Crippen molar-refractivity contribution in [2.24, 2.45) is 0 Å². The molecule has 0 radical (unpaired) electrons. The third kappa shape index (κ3) is 4.29. The van der Waals surface area contributed by atoms with Crippen molar-refractivity contribution in [3.63, 3.8) is 0 Å². The van der Waals surface area contributed by atoms with Crippen LogP contribution in [-0.2, 0) is 4.79 Å². The van der Waals surface area contributed by atoms with E-state index in [-0.39, 0.29) is 17.3 Å². The second kappa shape index (κ2) is 6.72. The van der Waals surface area contributed by atoms with Gasteiger partial charge in [0.25, 0.3) is 0 Å². The first-order valence-corrected chi connectivity index (χ1v) is 7.39. The Balaban J connectivity index is 1.97. The second-order valence-corrected chi connectivity index (χ2v) is 5.75. The predicted octanol–water partition coefficient (Wildman–Crippen LogP) is 4.31. The fourth-order valence-corrected chi connectivity index (χ4v) is 2.71. The monoisotopic (exact) mass is 307 g/mol. The highest BCUT2D eigenvalue weighted by Gasteiger charge is 2.09. The van der Waals surface area contributed by atoms with Crippen molar-refractivity contribution in [2.75, 3.05) is 11.1 Å². The number of amides is 1. The number of hydrogen-bond acceptors (Lipinski definition) is 2. The second-order valence-electron chi connectivity index (χ2n) is 4.73. The summed E-state index contributed by atoms with van der Waals surface area (Å²) < 4.78 is 26.2. The quantitative estimate of drug-likeness (QED) is 0.853. The van der Waals surface area contributed by atoms with Crippen LogP contribution < -0.4 is 5.32 Å². The van der Waals surface area contributed by atoms with Gasteiger partial charge < -0.3 is 5.32 Å². The maximum Gasteiger partial charge on any atom is 0.234 e. The normalized spacial score (nSPS) is 10.5. The van der Waals surface area contributed by atoms with Gasteiger partial charge in [0.05, 0.1) is 11.4 Å². The van der Waals surface area contributed by atoms with Crippen LogP contribution in [-0.4, -0.2) is 11.7 Å². The number of carbonyl (C=O) groups is 1. The van der Waals surface area contributed by atoms with Crippen molar-refractivity contribution in [3.8, 4) is 0 Å². The Morgan fingerprint density at radius 2 is 1.90 bits per heavy atom. The van der Waals surface area contributed by atoms with Gasteiger partial charge in [-0.05, 0) is 37.6 Å². The third-order valence-electron chi connectivity index (χ3n) is 2.91. The van der Waals surface area contributed by atoms with Gasteiger partial charge in [0.2, 0.25) is 5.91 Å². The van der Waals surface area contributed by atoms with E-state index in [2.05, 4.69) is 5.32 Å². The summed E-state index contributed by atoms with van der Waals surface area (Å²) in [5.74, 6) is -1.61. The van der Waals surface area contributed by atoms with Crippen LogP contribution in [0.2, 0.25) is 0 Å². The Kier molecular flexibility index (Phi) is 4.96. The first kappa shape index (κ1) is 15.5. The summed E-state index contributed by atoms with van der Waals surface area (Å²) in [5.41, 5.74) is 2.20. The summed E-state index contributed by atoms with van der Waals surface area (Å²) in [7, 11) is 0. The van der Waals surface area contributed by atoms with Crippen LogP contribution in [0.1, 0.15) is 11.1 Å². The predicted molar refractivity (Wildman–Crippen MR) is 81.6 cm³/mol. The number of hydrogen-bond donors (Lipinski definition) is 1. The van der Waals surface area contributed by atoms with Crippen LogP contribution in [0.4, 0.5) is 14.5 Å². The molecule has 0 aliphatic carbocycles. The van der Waals surface area contributed by atoms with Crippen molar-refractivity contribution in [2.45, 2.75) is 18.7 Å². The van der Waals surface area contributed by atoms with Crippen LogP contribution in [0, 0.1) is 25.5 Å². The number of benzene rings is 2. The number of nitrogens with one attached hydrogen (secondary N) is 1. The highest BCUT2D eigenvalue weighted by molar-refractivity contribution is 8.00. The highest BCUT2D eigenvalue weighted by atomic mass is 32.2. The summed E-state index contributed by atoms with van der Waals surface area (Å²) in [6.07, 6.45) is 0. The molecule has 5 heteroatoms. The Labute approximate surface area is 126 Å². The fourth-order valence-electron chi connectivity index (χ4n) is 1.78. The minimum Gasteiger partial charge on any atom is -0.323 e. The average Bonchev–Trinajstić information content (AvgIpc) is 2.43. The summed E-state index contributed by atoms with van der Waals surface area (Å²) in [6, 6.07) is 9.07. The number of thioether (sulfide) groups is 1. The van der Waals surface area contributed by atoms with Gasteiger partial charge in [-0.3, -0.25) is 4.79 Å². The van der Waals surface area contributed by atoms with E-state index in [1.54, 1.807) is 0 Å². The van der Waals surface area contributed by atoms with Crippen molar-refractivity contribution in [1.29, 1.82) is 0 Å². The van der Waals surface area contributed by atoms with E-state index in [1.165, 1.54) is 17.8 Å². The van der Waals surface area contributed by atoms with Crippen LogP contribution >= 0.6 is 11.8 Å². The van der Waals surface area contributed by atoms with E-state index in [0.717, 1.165) is 28.2 Å². The molecule has 110 valence electrons. The fraction of sp³-hybridized carbons (Fsp3) is 0.188. The van der Waals surface area contributed by atoms with E-state index in [9.17, 15) is 13.6 Å². The highest BCUT2D eigenvalue weighted by Crippen LogP contribution is 2.24. The standard InChI is InChI=1S/C16H15F2NOS/c1-10-3-4-11(2)15(7-10)21-9-16(20)19-14-6-5-12(17)8-13(14)18/h3-8H,9H2,1-2H3,(H,19,20). The largest absolute Gasteiger partial charge is 0.323 e. The molecule has 2 rings (SSSR count). The smallest absolute Gasteiger partial charge is 0.234 e. The minimum absolute atomic E-state index is 0.0111. The lowest BCUT2D eigenvalue weighted by Gasteiger charge is -2.08. The molecule has 0 saturated carbocycles. The molecule has 0 saturated heterocycles. The maximum atomic E-state index is 13.4. The number of anilines is 1. The zero-order valence-electron chi connectivity index (χ0n) is 11.7. The zero-order chi connectivity index (χ0) is 15.4. The summed E-state index contributed by atoms with van der Waals surface area (Å²) in [5, 5.41) is 2.44. The molecule has 0 heterocycles. The lowest BCUT2D eigenvalue weighted by atomic mass is 10.2. The Morgan fingerprint density at radius 1 is 1.14 bits per heavy atom. The Morgan fingerprint density at radius 3 is 2.62 bits per heavy atom. The third-order valence-corrected chi connectivity index (χ3v) is 4.06. The van der Waals surface area contributed by atoms with E-state index in [4.69, 9.17) is 0 Å². The number of aryl methyl sites for hydroxylation is 2. The van der Waals surface area contributed by atoms with Gasteiger partial charge in [-0.1, -0.05) is 17.7 Å². The molecule has 0 spiro atoms. The summed E-state index contributed by atoms with van der Waals surface area (Å²) in [6.45, 7) is 3.96. The van der Waals surface area contributed by atoms with E-state index >= 15 is 0 Å². The number of carbonyl (C=O) groups excluding carboxylic acids is 1. The molecular weight excluding hydrogens is 292 g/mol. The molecule has 1 amide bonds. The van der Waals surface area contributed by atoms with Gasteiger partial charge in [0.15, 0.2) is 0 Å². The zero-order valence-corrected chi connectivity index (χ0v) is 12.6. The first-order chi connectivity index (χ1) is 9.95. The minimum atomic E-state index is -0.778. The lowest BCUT2D eigenvalue weighted by Crippen LogP contribution is -2.15. The van der Waals surface area contributed by atoms with E-state index in [0.29, 0.717) is 0 Å². The van der Waals surface area contributed by atoms with Gasteiger partial charge in [-0.15, -0.1) is 11.8 Å². The Bertz CT molecular complexity index is 673. The molecule has 2 nitrogen and oxygen atoms in total. The molecular formula is C16H15F2NOS. The van der Waals surface area contributed by atoms with E-state index in [1.807, 2.05) is 32.0 Å². The van der Waals surface area contributed by atoms with Crippen molar-refractivity contribution in [1.82, 2.24) is 0 Å². The molecule has 1 N–H and O–H groups in total. The van der Waals surface area contributed by atoms with Crippen molar-refractivity contribution >= 4 is 23.4 Å². The average molecular weight is 307 g/mol. The molecule has 0 fully saturated rings. The molecule has 0 aliphatic rings. The van der Waals surface area contributed by atoms with Crippen molar-refractivity contribution in [3.05, 3.63) is 59.2 Å². The van der Waals surface area contributed by atoms with E-state index < -0.39 is 11.6 Å². The first-order valence-electron chi connectivity index (χ1n) is 6.40. The lowest BCUT2D eigenvalue weighted by molar-refractivity contribution is -0.113. The van der Waals surface area contributed by atoms with Crippen LogP contribution in [0.25, 0.3) is 0 Å². The summed E-state index contributed by atoms with van der Waals surface area (Å²) >= 11 is 1.39. The van der Waals surface area contributed by atoms with Gasteiger partial charge in [0.1, 0.15) is 11.6 Å². The SMILES string of the molecule is Cc1ccc(C)c(SCC(=O)Nc2ccc(F)cc2F)c1. The molecule has 21 heavy (non-hydrogen) atoms. The van der Waals surface area contributed by atoms with Gasteiger partial charge in [0, 0.05) is 11.0 Å². The van der Waals surface area contributed by atoms with Gasteiger partial charge >= 0.3 is 0 Å². The molecule has 0 aliphatic heterocycles. The molecule has 0 aromatic heterocycles. The van der Waals surface area contributed by atoms with Crippen LogP contribution in [0.3, 0.4) is 0 Å². The van der Waals surface area contributed by atoms with Gasteiger partial charge in [-0.2, -0.15) is 0 Å². The van der Waals surface area contributed by atoms with Gasteiger partial charge in [-0.25, -0.2) is 8.78 Å². The Hall–Kier alpha value is -1.88.